The van der Waals surface area contributed by atoms with Crippen LogP contribution in [0.25, 0.3) is 5.69 Å². The molecule has 150 valence electrons. The van der Waals surface area contributed by atoms with E-state index in [4.69, 9.17) is 10.3 Å². The Morgan fingerprint density at radius 1 is 1.31 bits per heavy atom. The lowest BCUT2D eigenvalue weighted by Crippen LogP contribution is -2.40. The zero-order valence-electron chi connectivity index (χ0n) is 15.7. The van der Waals surface area contributed by atoms with E-state index in [0.29, 0.717) is 18.9 Å². The number of rotatable bonds is 6. The molecule has 3 N–H and O–H groups in total. The molecule has 1 saturated heterocycles. The molecule has 29 heavy (non-hydrogen) atoms. The van der Waals surface area contributed by atoms with Crippen LogP contribution in [-0.4, -0.2) is 49.7 Å². The summed E-state index contributed by atoms with van der Waals surface area (Å²) in [4.78, 5) is 29.9. The highest BCUT2D eigenvalue weighted by Crippen LogP contribution is 2.21. The SMILES string of the molecule is NC(=O)c1nc(CN2CCC[C@@H](C(=O)Nc3cccc(-n4cccn4)c3)C2)no1. The minimum atomic E-state index is -0.753. The Balaban J connectivity index is 1.37. The largest absolute Gasteiger partial charge is 0.361 e. The molecular weight excluding hydrogens is 374 g/mol. The molecule has 4 rings (SSSR count). The van der Waals surface area contributed by atoms with Crippen molar-refractivity contribution in [3.63, 3.8) is 0 Å². The average Bonchev–Trinajstić information content (AvgIpc) is 3.41. The minimum Gasteiger partial charge on any atom is -0.361 e. The fraction of sp³-hybridized carbons (Fsp3) is 0.316. The Hall–Kier alpha value is -3.53. The van der Waals surface area contributed by atoms with Crippen LogP contribution in [0.5, 0.6) is 0 Å². The van der Waals surface area contributed by atoms with Crippen molar-refractivity contribution in [2.24, 2.45) is 11.7 Å². The van der Waals surface area contributed by atoms with Crippen LogP contribution in [0.1, 0.15) is 29.4 Å². The van der Waals surface area contributed by atoms with Gasteiger partial charge in [-0.25, -0.2) is 4.68 Å². The number of aromatic nitrogens is 4. The zero-order chi connectivity index (χ0) is 20.2. The van der Waals surface area contributed by atoms with Crippen LogP contribution in [0.2, 0.25) is 0 Å². The molecule has 1 atom stereocenters. The molecule has 1 aliphatic heterocycles. The Morgan fingerprint density at radius 3 is 2.97 bits per heavy atom. The topological polar surface area (TPSA) is 132 Å². The molecule has 1 fully saturated rings. The third-order valence-corrected chi connectivity index (χ3v) is 4.80. The van der Waals surface area contributed by atoms with Crippen molar-refractivity contribution in [2.75, 3.05) is 18.4 Å². The quantitative estimate of drug-likeness (QED) is 0.641. The molecule has 0 spiro atoms. The van der Waals surface area contributed by atoms with Gasteiger partial charge in [-0.15, -0.1) is 0 Å². The summed E-state index contributed by atoms with van der Waals surface area (Å²) >= 11 is 0. The number of nitrogens with zero attached hydrogens (tertiary/aromatic N) is 5. The third kappa shape index (κ3) is 4.49. The molecule has 0 aliphatic carbocycles. The number of hydrogen-bond acceptors (Lipinski definition) is 7. The highest BCUT2D eigenvalue weighted by atomic mass is 16.5. The predicted molar refractivity (Wildman–Crippen MR) is 103 cm³/mol. The van der Waals surface area contributed by atoms with Crippen LogP contribution < -0.4 is 11.1 Å². The number of hydrogen-bond donors (Lipinski definition) is 2. The van der Waals surface area contributed by atoms with Crippen LogP contribution in [0.15, 0.2) is 47.2 Å². The minimum absolute atomic E-state index is 0.0294. The number of nitrogens with one attached hydrogen (secondary N) is 1. The van der Waals surface area contributed by atoms with Gasteiger partial charge in [0.25, 0.3) is 0 Å². The lowest BCUT2D eigenvalue weighted by Gasteiger charge is -2.31. The van der Waals surface area contributed by atoms with Gasteiger partial charge in [0.15, 0.2) is 5.82 Å². The predicted octanol–water partition coefficient (Wildman–Crippen LogP) is 1.20. The Morgan fingerprint density at radius 2 is 2.21 bits per heavy atom. The van der Waals surface area contributed by atoms with E-state index in [2.05, 4.69) is 25.5 Å². The zero-order valence-corrected chi connectivity index (χ0v) is 15.7. The first kappa shape index (κ1) is 18.8. The van der Waals surface area contributed by atoms with Gasteiger partial charge < -0.3 is 15.6 Å². The summed E-state index contributed by atoms with van der Waals surface area (Å²) in [5, 5.41) is 11.0. The number of piperidine rings is 1. The summed E-state index contributed by atoms with van der Waals surface area (Å²) in [5.74, 6) is -0.759. The molecule has 1 aliphatic rings. The van der Waals surface area contributed by atoms with Crippen molar-refractivity contribution in [1.82, 2.24) is 24.8 Å². The van der Waals surface area contributed by atoms with E-state index in [1.54, 1.807) is 10.9 Å². The Labute approximate surface area is 166 Å². The summed E-state index contributed by atoms with van der Waals surface area (Å²) in [7, 11) is 0. The normalized spacial score (nSPS) is 17.2. The number of carbonyl (C=O) groups is 2. The van der Waals surface area contributed by atoms with E-state index in [-0.39, 0.29) is 17.7 Å². The van der Waals surface area contributed by atoms with Crippen molar-refractivity contribution >= 4 is 17.5 Å². The van der Waals surface area contributed by atoms with Gasteiger partial charge in [-0.05, 0) is 43.7 Å². The summed E-state index contributed by atoms with van der Waals surface area (Å²) < 4.78 is 6.55. The van der Waals surface area contributed by atoms with Crippen LogP contribution in [0.4, 0.5) is 5.69 Å². The van der Waals surface area contributed by atoms with E-state index in [9.17, 15) is 9.59 Å². The first-order chi connectivity index (χ1) is 14.1. The number of primary amides is 1. The Bertz CT molecular complexity index is 999. The second kappa shape index (κ2) is 8.23. The Kier molecular flexibility index (Phi) is 5.34. The number of benzene rings is 1. The summed E-state index contributed by atoms with van der Waals surface area (Å²) in [6, 6.07) is 9.40. The van der Waals surface area contributed by atoms with Crippen molar-refractivity contribution in [3.05, 3.63) is 54.4 Å². The molecule has 3 heterocycles. The van der Waals surface area contributed by atoms with E-state index in [0.717, 1.165) is 30.8 Å². The molecule has 1 aromatic carbocycles. The number of carbonyl (C=O) groups excluding carboxylic acids is 2. The summed E-state index contributed by atoms with van der Waals surface area (Å²) in [6.45, 7) is 1.79. The van der Waals surface area contributed by atoms with Gasteiger partial charge in [-0.3, -0.25) is 14.5 Å². The highest BCUT2D eigenvalue weighted by Gasteiger charge is 2.27. The van der Waals surface area contributed by atoms with Crippen molar-refractivity contribution in [3.8, 4) is 5.69 Å². The van der Waals surface area contributed by atoms with Crippen LogP contribution >= 0.6 is 0 Å². The van der Waals surface area contributed by atoms with Gasteiger partial charge in [0.1, 0.15) is 0 Å². The van der Waals surface area contributed by atoms with Crippen LogP contribution in [-0.2, 0) is 11.3 Å². The van der Waals surface area contributed by atoms with Crippen molar-refractivity contribution in [2.45, 2.75) is 19.4 Å². The second-order valence-electron chi connectivity index (χ2n) is 6.94. The monoisotopic (exact) mass is 395 g/mol. The molecule has 0 unspecified atom stereocenters. The lowest BCUT2D eigenvalue weighted by molar-refractivity contribution is -0.121. The highest BCUT2D eigenvalue weighted by molar-refractivity contribution is 5.93. The standard InChI is InChI=1S/C19H21N7O3/c20-17(27)19-23-16(24-29-19)12-25-8-2-4-13(11-25)18(28)22-14-5-1-6-15(10-14)26-9-3-7-21-26/h1,3,5-7,9-10,13H,2,4,8,11-12H2,(H2,20,27)(H,22,28)/t13-/m1/s1. The van der Waals surface area contributed by atoms with E-state index in [1.807, 2.05) is 36.5 Å². The van der Waals surface area contributed by atoms with E-state index in [1.165, 1.54) is 0 Å². The molecule has 2 amide bonds. The fourth-order valence-corrected chi connectivity index (χ4v) is 3.42. The molecule has 3 aromatic rings. The maximum Gasteiger partial charge on any atom is 0.315 e. The fourth-order valence-electron chi connectivity index (χ4n) is 3.42. The average molecular weight is 395 g/mol. The van der Waals surface area contributed by atoms with E-state index < -0.39 is 5.91 Å². The molecule has 0 bridgehead atoms. The molecule has 0 radical (unpaired) electrons. The van der Waals surface area contributed by atoms with Gasteiger partial charge >= 0.3 is 11.8 Å². The van der Waals surface area contributed by atoms with Gasteiger partial charge in [0, 0.05) is 24.6 Å². The second-order valence-corrected chi connectivity index (χ2v) is 6.94. The number of amides is 2. The summed E-state index contributed by atoms with van der Waals surface area (Å²) in [5.41, 5.74) is 6.73. The van der Waals surface area contributed by atoms with Gasteiger partial charge in [-0.1, -0.05) is 11.2 Å². The number of anilines is 1. The lowest BCUT2D eigenvalue weighted by atomic mass is 9.97. The number of nitrogens with two attached hydrogens (primary N) is 1. The van der Waals surface area contributed by atoms with Crippen LogP contribution in [0, 0.1) is 5.92 Å². The molecule has 10 nitrogen and oxygen atoms in total. The molecule has 10 heteroatoms. The molecule has 2 aromatic heterocycles. The van der Waals surface area contributed by atoms with Gasteiger partial charge in [-0.2, -0.15) is 10.1 Å². The number of likely N-dealkylation sites (tertiary alicyclic amines) is 1. The molecular formula is C19H21N7O3. The van der Waals surface area contributed by atoms with Crippen LogP contribution in [0.3, 0.4) is 0 Å². The van der Waals surface area contributed by atoms with Crippen molar-refractivity contribution in [1.29, 1.82) is 0 Å². The first-order valence-electron chi connectivity index (χ1n) is 9.34. The maximum atomic E-state index is 12.8. The first-order valence-corrected chi connectivity index (χ1v) is 9.34. The van der Waals surface area contributed by atoms with Gasteiger partial charge in [0.2, 0.25) is 5.91 Å². The van der Waals surface area contributed by atoms with Crippen molar-refractivity contribution < 1.29 is 14.1 Å². The third-order valence-electron chi connectivity index (χ3n) is 4.80. The molecule has 0 saturated carbocycles. The van der Waals surface area contributed by atoms with E-state index >= 15 is 0 Å². The smallest absolute Gasteiger partial charge is 0.315 e. The van der Waals surface area contributed by atoms with Gasteiger partial charge in [0.05, 0.1) is 18.2 Å². The maximum absolute atomic E-state index is 12.8. The summed E-state index contributed by atoms with van der Waals surface area (Å²) in [6.07, 6.45) is 5.24.